The van der Waals surface area contributed by atoms with Crippen molar-refractivity contribution in [1.82, 2.24) is 0 Å². The molecule has 0 unspecified atom stereocenters. The van der Waals surface area contributed by atoms with E-state index in [9.17, 15) is 18.0 Å². The Morgan fingerprint density at radius 1 is 0.947 bits per heavy atom. The smallest absolute Gasteiger partial charge is 0.195 e. The third-order valence-electron chi connectivity index (χ3n) is 2.45. The lowest BCUT2D eigenvalue weighted by atomic mass is 10.1. The Labute approximate surface area is 112 Å². The Kier molecular flexibility index (Phi) is 4.27. The van der Waals surface area contributed by atoms with Gasteiger partial charge < -0.3 is 0 Å². The first-order chi connectivity index (χ1) is 9.09. The monoisotopic (exact) mass is 282 g/mol. The van der Waals surface area contributed by atoms with Crippen molar-refractivity contribution in [1.29, 1.82) is 0 Å². The molecule has 0 aliphatic heterocycles. The van der Waals surface area contributed by atoms with E-state index in [4.69, 9.17) is 0 Å². The van der Waals surface area contributed by atoms with Crippen LogP contribution in [0.4, 0.5) is 13.2 Å². The van der Waals surface area contributed by atoms with Crippen LogP contribution in [0.5, 0.6) is 0 Å². The average molecular weight is 282 g/mol. The van der Waals surface area contributed by atoms with Crippen molar-refractivity contribution in [3.05, 3.63) is 65.5 Å². The van der Waals surface area contributed by atoms with Gasteiger partial charge in [0.15, 0.2) is 23.2 Å². The highest BCUT2D eigenvalue weighted by Crippen LogP contribution is 2.21. The second-order valence-corrected chi connectivity index (χ2v) is 4.80. The Morgan fingerprint density at radius 2 is 1.63 bits per heavy atom. The van der Waals surface area contributed by atoms with Gasteiger partial charge in [0, 0.05) is 4.90 Å². The molecule has 0 saturated carbocycles. The lowest BCUT2D eigenvalue weighted by molar-refractivity contribution is 0.101. The highest BCUT2D eigenvalue weighted by Gasteiger charge is 2.18. The fourth-order valence-corrected chi connectivity index (χ4v) is 2.29. The fraction of sp³-hybridized carbons (Fsp3) is 0.0714. The number of rotatable bonds is 4. The largest absolute Gasteiger partial charge is 0.293 e. The maximum atomic E-state index is 13.4. The average Bonchev–Trinajstić information content (AvgIpc) is 2.43. The predicted molar refractivity (Wildman–Crippen MR) is 67.8 cm³/mol. The van der Waals surface area contributed by atoms with E-state index in [0.717, 1.165) is 17.0 Å². The molecule has 0 aliphatic rings. The van der Waals surface area contributed by atoms with E-state index >= 15 is 0 Å². The van der Waals surface area contributed by atoms with Crippen molar-refractivity contribution in [3.63, 3.8) is 0 Å². The molecule has 0 aliphatic carbocycles. The zero-order chi connectivity index (χ0) is 13.8. The van der Waals surface area contributed by atoms with Crippen molar-refractivity contribution in [2.45, 2.75) is 4.90 Å². The van der Waals surface area contributed by atoms with Crippen molar-refractivity contribution in [3.8, 4) is 0 Å². The number of thioether (sulfide) groups is 1. The SMILES string of the molecule is O=C(CSc1ccccc1)c1ccc(F)c(F)c1F. The Balaban J connectivity index is 2.11. The molecule has 1 nitrogen and oxygen atoms in total. The van der Waals surface area contributed by atoms with E-state index in [1.54, 1.807) is 12.1 Å². The topological polar surface area (TPSA) is 17.1 Å². The maximum absolute atomic E-state index is 13.4. The van der Waals surface area contributed by atoms with E-state index in [1.807, 2.05) is 18.2 Å². The highest BCUT2D eigenvalue weighted by molar-refractivity contribution is 8.00. The summed E-state index contributed by atoms with van der Waals surface area (Å²) < 4.78 is 39.1. The van der Waals surface area contributed by atoms with Crippen LogP contribution < -0.4 is 0 Å². The molecule has 19 heavy (non-hydrogen) atoms. The van der Waals surface area contributed by atoms with Crippen LogP contribution in [-0.4, -0.2) is 11.5 Å². The molecule has 5 heteroatoms. The first kappa shape index (κ1) is 13.7. The van der Waals surface area contributed by atoms with Crippen LogP contribution in [0, 0.1) is 17.5 Å². The van der Waals surface area contributed by atoms with Crippen LogP contribution in [0.1, 0.15) is 10.4 Å². The van der Waals surface area contributed by atoms with E-state index in [2.05, 4.69) is 0 Å². The van der Waals surface area contributed by atoms with Gasteiger partial charge in [0.1, 0.15) is 0 Å². The first-order valence-electron chi connectivity index (χ1n) is 5.44. The van der Waals surface area contributed by atoms with Crippen LogP contribution in [0.25, 0.3) is 0 Å². The van der Waals surface area contributed by atoms with Crippen LogP contribution in [0.2, 0.25) is 0 Å². The molecule has 2 aromatic carbocycles. The lowest BCUT2D eigenvalue weighted by Crippen LogP contribution is -2.08. The van der Waals surface area contributed by atoms with Crippen LogP contribution in [0.15, 0.2) is 47.4 Å². The number of benzene rings is 2. The number of carbonyl (C=O) groups excluding carboxylic acids is 1. The van der Waals surface area contributed by atoms with Crippen molar-refractivity contribution in [2.24, 2.45) is 0 Å². The minimum Gasteiger partial charge on any atom is -0.293 e. The third-order valence-corrected chi connectivity index (χ3v) is 3.46. The summed E-state index contributed by atoms with van der Waals surface area (Å²) in [6, 6.07) is 10.8. The molecule has 0 bridgehead atoms. The Bertz CT molecular complexity index is 599. The predicted octanol–water partition coefficient (Wildman–Crippen LogP) is 4.08. The number of ketones is 1. The molecule has 0 amide bonds. The quantitative estimate of drug-likeness (QED) is 0.477. The zero-order valence-corrected chi connectivity index (χ0v) is 10.5. The standard InChI is InChI=1S/C14H9F3OS/c15-11-7-6-10(13(16)14(11)17)12(18)8-19-9-4-2-1-3-5-9/h1-7H,8H2. The normalized spacial score (nSPS) is 10.5. The molecular weight excluding hydrogens is 273 g/mol. The van der Waals surface area contributed by atoms with Gasteiger partial charge >= 0.3 is 0 Å². The summed E-state index contributed by atoms with van der Waals surface area (Å²) in [6.07, 6.45) is 0. The molecule has 2 aromatic rings. The molecule has 0 atom stereocenters. The third kappa shape index (κ3) is 3.17. The number of halogens is 3. The lowest BCUT2D eigenvalue weighted by Gasteiger charge is -2.04. The minimum absolute atomic E-state index is 0.0357. The number of Topliss-reactive ketones (excluding diaryl/α,β-unsaturated/α-hetero) is 1. The highest BCUT2D eigenvalue weighted by atomic mass is 32.2. The van der Waals surface area contributed by atoms with Gasteiger partial charge in [-0.1, -0.05) is 18.2 Å². The van der Waals surface area contributed by atoms with Gasteiger partial charge in [0.05, 0.1) is 11.3 Å². The number of carbonyl (C=O) groups is 1. The van der Waals surface area contributed by atoms with Gasteiger partial charge in [-0.05, 0) is 24.3 Å². The number of hydrogen-bond acceptors (Lipinski definition) is 2. The molecule has 0 aromatic heterocycles. The summed E-state index contributed by atoms with van der Waals surface area (Å²) >= 11 is 1.21. The van der Waals surface area contributed by atoms with Crippen molar-refractivity contribution >= 4 is 17.5 Å². The molecule has 2 rings (SSSR count). The van der Waals surface area contributed by atoms with E-state index in [-0.39, 0.29) is 5.75 Å². The minimum atomic E-state index is -1.62. The molecule has 0 radical (unpaired) electrons. The van der Waals surface area contributed by atoms with Crippen molar-refractivity contribution < 1.29 is 18.0 Å². The Morgan fingerprint density at radius 3 is 2.32 bits per heavy atom. The van der Waals surface area contributed by atoms with E-state index in [1.165, 1.54) is 11.8 Å². The molecular formula is C14H9F3OS. The van der Waals surface area contributed by atoms with Gasteiger partial charge in [-0.2, -0.15) is 0 Å². The molecule has 0 saturated heterocycles. The zero-order valence-electron chi connectivity index (χ0n) is 9.70. The van der Waals surface area contributed by atoms with Crippen LogP contribution in [0.3, 0.4) is 0 Å². The molecule has 0 fully saturated rings. The molecule has 98 valence electrons. The maximum Gasteiger partial charge on any atom is 0.195 e. The number of hydrogen-bond donors (Lipinski definition) is 0. The summed E-state index contributed by atoms with van der Waals surface area (Å²) in [6.45, 7) is 0. The molecule has 0 spiro atoms. The molecule has 0 N–H and O–H groups in total. The summed E-state index contributed by atoms with van der Waals surface area (Å²) in [5.41, 5.74) is -0.428. The van der Waals surface area contributed by atoms with E-state index < -0.39 is 28.8 Å². The van der Waals surface area contributed by atoms with Gasteiger partial charge in [-0.15, -0.1) is 11.8 Å². The fourth-order valence-electron chi connectivity index (χ4n) is 1.48. The second-order valence-electron chi connectivity index (χ2n) is 3.75. The summed E-state index contributed by atoms with van der Waals surface area (Å²) in [5.74, 6) is -4.96. The van der Waals surface area contributed by atoms with E-state index in [0.29, 0.717) is 0 Å². The van der Waals surface area contributed by atoms with Gasteiger partial charge in [0.2, 0.25) is 0 Å². The van der Waals surface area contributed by atoms with Crippen LogP contribution in [-0.2, 0) is 0 Å². The second kappa shape index (κ2) is 5.93. The molecule has 0 heterocycles. The summed E-state index contributed by atoms with van der Waals surface area (Å²) in [4.78, 5) is 12.6. The Hall–Kier alpha value is -1.75. The van der Waals surface area contributed by atoms with Crippen LogP contribution >= 0.6 is 11.8 Å². The van der Waals surface area contributed by atoms with Gasteiger partial charge in [0.25, 0.3) is 0 Å². The van der Waals surface area contributed by atoms with Gasteiger partial charge in [-0.3, -0.25) is 4.79 Å². The van der Waals surface area contributed by atoms with Crippen molar-refractivity contribution in [2.75, 3.05) is 5.75 Å². The first-order valence-corrected chi connectivity index (χ1v) is 6.42. The summed E-state index contributed by atoms with van der Waals surface area (Å²) in [7, 11) is 0. The van der Waals surface area contributed by atoms with Gasteiger partial charge in [-0.25, -0.2) is 13.2 Å². The summed E-state index contributed by atoms with van der Waals surface area (Å²) in [5, 5.41) is 0.